The highest BCUT2D eigenvalue weighted by Gasteiger charge is 2.24. The van der Waals surface area contributed by atoms with Gasteiger partial charge in [-0.2, -0.15) is 11.8 Å². The number of hydrogen-bond donors (Lipinski definition) is 2. The molecule has 0 saturated heterocycles. The van der Waals surface area contributed by atoms with Crippen molar-refractivity contribution >= 4 is 21.8 Å². The Morgan fingerprint density at radius 2 is 2.10 bits per heavy atom. The molecule has 0 heterocycles. The van der Waals surface area contributed by atoms with E-state index in [1.165, 1.54) is 13.2 Å². The van der Waals surface area contributed by atoms with E-state index < -0.39 is 15.6 Å². The average Bonchev–Trinajstić information content (AvgIpc) is 2.43. The number of thioether (sulfide) groups is 1. The van der Waals surface area contributed by atoms with Gasteiger partial charge in [0.25, 0.3) is 0 Å². The third kappa shape index (κ3) is 5.50. The molecule has 1 unspecified atom stereocenters. The van der Waals surface area contributed by atoms with Gasteiger partial charge in [0.2, 0.25) is 10.0 Å². The minimum absolute atomic E-state index is 0.0125. The molecule has 0 radical (unpaired) electrons. The number of methoxy groups -OCH3 is 1. The second-order valence-corrected chi connectivity index (χ2v) is 7.92. The first-order valence-electron chi connectivity index (χ1n) is 6.57. The van der Waals surface area contributed by atoms with E-state index in [-0.39, 0.29) is 11.4 Å². The fourth-order valence-corrected chi connectivity index (χ4v) is 3.82. The van der Waals surface area contributed by atoms with E-state index in [1.807, 2.05) is 6.26 Å². The van der Waals surface area contributed by atoms with Crippen LogP contribution in [0.3, 0.4) is 0 Å². The van der Waals surface area contributed by atoms with Crippen LogP contribution >= 0.6 is 11.8 Å². The van der Waals surface area contributed by atoms with Crippen LogP contribution in [0.5, 0.6) is 5.75 Å². The summed E-state index contributed by atoms with van der Waals surface area (Å²) in [5.41, 5.74) is -0.457. The van der Waals surface area contributed by atoms with Gasteiger partial charge in [-0.25, -0.2) is 13.1 Å². The van der Waals surface area contributed by atoms with Gasteiger partial charge in [-0.3, -0.25) is 0 Å². The zero-order valence-corrected chi connectivity index (χ0v) is 14.5. The Kier molecular flexibility index (Phi) is 6.52. The van der Waals surface area contributed by atoms with Gasteiger partial charge >= 0.3 is 0 Å². The normalized spacial score (nSPS) is 14.7. The second-order valence-electron chi connectivity index (χ2n) is 5.20. The van der Waals surface area contributed by atoms with Gasteiger partial charge in [0.15, 0.2) is 0 Å². The third-order valence-corrected chi connectivity index (χ3v) is 5.33. The van der Waals surface area contributed by atoms with Crippen LogP contribution in [0.2, 0.25) is 0 Å². The van der Waals surface area contributed by atoms with Crippen LogP contribution in [-0.4, -0.2) is 44.8 Å². The lowest BCUT2D eigenvalue weighted by Crippen LogP contribution is -2.41. The molecule has 120 valence electrons. The monoisotopic (exact) mass is 333 g/mol. The number of ether oxygens (including phenoxy) is 1. The van der Waals surface area contributed by atoms with Crippen molar-refractivity contribution in [2.45, 2.75) is 30.8 Å². The Bertz CT molecular complexity index is 570. The smallest absolute Gasteiger partial charge is 0.240 e. The molecular weight excluding hydrogens is 310 g/mol. The van der Waals surface area contributed by atoms with E-state index in [0.717, 1.165) is 5.75 Å². The molecule has 7 heteroatoms. The molecule has 2 N–H and O–H groups in total. The van der Waals surface area contributed by atoms with E-state index in [4.69, 9.17) is 4.74 Å². The van der Waals surface area contributed by atoms with Gasteiger partial charge in [-0.15, -0.1) is 0 Å². The molecule has 1 aromatic carbocycles. The molecular formula is C14H23NO4S2. The minimum atomic E-state index is -3.65. The molecule has 0 fully saturated rings. The van der Waals surface area contributed by atoms with Crippen molar-refractivity contribution in [1.82, 2.24) is 4.72 Å². The Morgan fingerprint density at radius 1 is 1.43 bits per heavy atom. The maximum absolute atomic E-state index is 12.3. The predicted molar refractivity (Wildman–Crippen MR) is 86.5 cm³/mol. The molecule has 5 nitrogen and oxygen atoms in total. The molecule has 0 saturated carbocycles. The van der Waals surface area contributed by atoms with E-state index in [2.05, 4.69) is 4.72 Å². The first-order valence-corrected chi connectivity index (χ1v) is 9.45. The number of rotatable bonds is 8. The van der Waals surface area contributed by atoms with Gasteiger partial charge in [0, 0.05) is 6.54 Å². The number of hydrogen-bond acceptors (Lipinski definition) is 5. The minimum Gasteiger partial charge on any atom is -0.497 e. The maximum Gasteiger partial charge on any atom is 0.240 e. The SMILES string of the molecule is COc1ccc(S(=O)(=O)NCC(C)(O)CCSC)c(C)c1. The van der Waals surface area contributed by atoms with Gasteiger partial charge in [0.1, 0.15) is 5.75 Å². The van der Waals surface area contributed by atoms with Gasteiger partial charge in [-0.05, 0) is 56.0 Å². The molecule has 0 bridgehead atoms. The summed E-state index contributed by atoms with van der Waals surface area (Å²) >= 11 is 1.61. The Morgan fingerprint density at radius 3 is 2.62 bits per heavy atom. The Balaban J connectivity index is 2.82. The highest BCUT2D eigenvalue weighted by molar-refractivity contribution is 7.98. The third-order valence-electron chi connectivity index (χ3n) is 3.16. The van der Waals surface area contributed by atoms with E-state index in [9.17, 15) is 13.5 Å². The number of aryl methyl sites for hydroxylation is 1. The van der Waals surface area contributed by atoms with Crippen molar-refractivity contribution in [3.8, 4) is 5.75 Å². The topological polar surface area (TPSA) is 75.6 Å². The average molecular weight is 333 g/mol. The fourth-order valence-electron chi connectivity index (χ4n) is 1.79. The van der Waals surface area contributed by atoms with Crippen molar-refractivity contribution in [2.75, 3.05) is 25.7 Å². The highest BCUT2D eigenvalue weighted by atomic mass is 32.2. The van der Waals surface area contributed by atoms with Crippen LogP contribution in [0.15, 0.2) is 23.1 Å². The summed E-state index contributed by atoms with van der Waals surface area (Å²) in [6.07, 6.45) is 2.47. The molecule has 0 aliphatic heterocycles. The zero-order valence-electron chi connectivity index (χ0n) is 12.8. The van der Waals surface area contributed by atoms with Crippen molar-refractivity contribution < 1.29 is 18.3 Å². The predicted octanol–water partition coefficient (Wildman–Crippen LogP) is 1.79. The first-order chi connectivity index (χ1) is 9.72. The molecule has 0 aliphatic rings. The molecule has 0 aliphatic carbocycles. The van der Waals surface area contributed by atoms with Crippen LogP contribution < -0.4 is 9.46 Å². The van der Waals surface area contributed by atoms with Crippen molar-refractivity contribution in [3.05, 3.63) is 23.8 Å². The van der Waals surface area contributed by atoms with Crippen LogP contribution in [0.4, 0.5) is 0 Å². The van der Waals surface area contributed by atoms with Gasteiger partial charge in [0.05, 0.1) is 17.6 Å². The van der Waals surface area contributed by atoms with Crippen LogP contribution in [0, 0.1) is 6.92 Å². The Labute approximate surface area is 131 Å². The molecule has 21 heavy (non-hydrogen) atoms. The summed E-state index contributed by atoms with van der Waals surface area (Å²) in [5, 5.41) is 10.1. The summed E-state index contributed by atoms with van der Waals surface area (Å²) in [4.78, 5) is 0.198. The lowest BCUT2D eigenvalue weighted by Gasteiger charge is -2.23. The van der Waals surface area contributed by atoms with Crippen LogP contribution in [0.25, 0.3) is 0 Å². The van der Waals surface area contributed by atoms with Gasteiger partial charge < -0.3 is 9.84 Å². The lowest BCUT2D eigenvalue weighted by molar-refractivity contribution is 0.0626. The zero-order chi connectivity index (χ0) is 16.1. The lowest BCUT2D eigenvalue weighted by atomic mass is 10.1. The summed E-state index contributed by atoms with van der Waals surface area (Å²) < 4.78 is 32.1. The number of aliphatic hydroxyl groups is 1. The van der Waals surface area contributed by atoms with Crippen LogP contribution in [0.1, 0.15) is 18.9 Å². The summed E-state index contributed by atoms with van der Waals surface area (Å²) in [6.45, 7) is 3.33. The van der Waals surface area contributed by atoms with Gasteiger partial charge in [-0.1, -0.05) is 0 Å². The maximum atomic E-state index is 12.3. The van der Waals surface area contributed by atoms with E-state index in [1.54, 1.807) is 37.7 Å². The first kappa shape index (κ1) is 18.3. The van der Waals surface area contributed by atoms with E-state index in [0.29, 0.717) is 17.7 Å². The number of sulfonamides is 1. The Hall–Kier alpha value is -0.760. The molecule has 0 amide bonds. The fraction of sp³-hybridized carbons (Fsp3) is 0.571. The van der Waals surface area contributed by atoms with Crippen molar-refractivity contribution in [3.63, 3.8) is 0 Å². The summed E-state index contributed by atoms with van der Waals surface area (Å²) in [6, 6.07) is 4.78. The number of benzene rings is 1. The standard InChI is InChI=1S/C14H23NO4S2/c1-11-9-12(19-3)5-6-13(11)21(17,18)15-10-14(2,16)7-8-20-4/h5-6,9,15-16H,7-8,10H2,1-4H3. The van der Waals surface area contributed by atoms with Crippen LogP contribution in [-0.2, 0) is 10.0 Å². The number of nitrogens with one attached hydrogen (secondary N) is 1. The molecule has 1 rings (SSSR count). The largest absolute Gasteiger partial charge is 0.497 e. The second kappa shape index (κ2) is 7.49. The molecule has 0 spiro atoms. The van der Waals surface area contributed by atoms with Crippen molar-refractivity contribution in [2.24, 2.45) is 0 Å². The summed E-state index contributed by atoms with van der Waals surface area (Å²) in [5.74, 6) is 1.38. The summed E-state index contributed by atoms with van der Waals surface area (Å²) in [7, 11) is -2.11. The molecule has 0 aromatic heterocycles. The molecule has 1 aromatic rings. The molecule has 1 atom stereocenters. The quantitative estimate of drug-likeness (QED) is 0.758. The van der Waals surface area contributed by atoms with E-state index >= 15 is 0 Å². The van der Waals surface area contributed by atoms with Crippen molar-refractivity contribution in [1.29, 1.82) is 0 Å². The highest BCUT2D eigenvalue weighted by Crippen LogP contribution is 2.21.